The number of nitrogens with zero attached hydrogens (tertiary/aromatic N) is 5. The number of nitrogen functional groups attached to an aromatic ring is 1. The number of anilines is 2. The number of aromatic nitrogens is 5. The lowest BCUT2D eigenvalue weighted by atomic mass is 10.4. The first-order valence-electron chi connectivity index (χ1n) is 6.47. The number of aryl methyl sites for hydroxylation is 2. The number of nitrogens with one attached hydrogen (secondary N) is 1. The molecule has 108 valence electrons. The molecule has 2 heterocycles. The van der Waals surface area contributed by atoms with Crippen LogP contribution in [0, 0.1) is 13.8 Å². The molecule has 0 fully saturated rings. The van der Waals surface area contributed by atoms with Crippen LogP contribution in [0.3, 0.4) is 0 Å². The Morgan fingerprint density at radius 3 is 2.80 bits per heavy atom. The van der Waals surface area contributed by atoms with Crippen LogP contribution in [-0.4, -0.2) is 37.0 Å². The van der Waals surface area contributed by atoms with E-state index in [1.807, 2.05) is 19.9 Å². The van der Waals surface area contributed by atoms with Gasteiger partial charge in [-0.2, -0.15) is 4.98 Å². The van der Waals surface area contributed by atoms with E-state index >= 15 is 0 Å². The molecule has 8 heteroatoms. The average molecular weight is 293 g/mol. The summed E-state index contributed by atoms with van der Waals surface area (Å²) in [7, 11) is 0. The minimum Gasteiger partial charge on any atom is -0.369 e. The summed E-state index contributed by atoms with van der Waals surface area (Å²) < 4.78 is 2.09. The number of hydrogen-bond acceptors (Lipinski definition) is 7. The molecular formula is C12H19N7S. The summed E-state index contributed by atoms with van der Waals surface area (Å²) in [6, 6.07) is 1.87. The molecule has 0 bridgehead atoms. The van der Waals surface area contributed by atoms with E-state index in [-0.39, 0.29) is 0 Å². The summed E-state index contributed by atoms with van der Waals surface area (Å²) in [6.45, 7) is 7.60. The first kappa shape index (κ1) is 14.6. The van der Waals surface area contributed by atoms with Crippen LogP contribution in [0.15, 0.2) is 11.2 Å². The van der Waals surface area contributed by atoms with Crippen LogP contribution < -0.4 is 11.1 Å². The van der Waals surface area contributed by atoms with Crippen LogP contribution in [0.4, 0.5) is 11.8 Å². The first-order valence-corrected chi connectivity index (χ1v) is 7.46. The number of rotatable bonds is 6. The standard InChI is InChI=1S/C12H19N7S/c1-4-19-9(3)17-18-12(19)20-6-5-14-10-7-8(2)15-11(13)16-10/h7H,4-6H2,1-3H3,(H3,13,14,15,16). The van der Waals surface area contributed by atoms with E-state index in [2.05, 4.69) is 37.0 Å². The summed E-state index contributed by atoms with van der Waals surface area (Å²) in [5.41, 5.74) is 6.46. The van der Waals surface area contributed by atoms with Crippen LogP contribution in [-0.2, 0) is 6.54 Å². The maximum Gasteiger partial charge on any atom is 0.222 e. The van der Waals surface area contributed by atoms with Gasteiger partial charge in [-0.25, -0.2) is 4.98 Å². The highest BCUT2D eigenvalue weighted by Gasteiger charge is 2.07. The molecule has 0 aliphatic heterocycles. The van der Waals surface area contributed by atoms with Gasteiger partial charge in [0.05, 0.1) is 0 Å². The molecule has 0 aliphatic rings. The van der Waals surface area contributed by atoms with Crippen molar-refractivity contribution in [2.75, 3.05) is 23.3 Å². The first-order chi connectivity index (χ1) is 9.60. The fourth-order valence-corrected chi connectivity index (χ4v) is 2.74. The maximum atomic E-state index is 5.61. The van der Waals surface area contributed by atoms with Gasteiger partial charge >= 0.3 is 0 Å². The molecule has 20 heavy (non-hydrogen) atoms. The van der Waals surface area contributed by atoms with Gasteiger partial charge in [0.1, 0.15) is 11.6 Å². The van der Waals surface area contributed by atoms with E-state index in [1.54, 1.807) is 11.8 Å². The minimum absolute atomic E-state index is 0.293. The zero-order valence-corrected chi connectivity index (χ0v) is 12.7. The van der Waals surface area contributed by atoms with Gasteiger partial charge in [-0.05, 0) is 20.8 Å². The molecule has 3 N–H and O–H groups in total. The van der Waals surface area contributed by atoms with Crippen molar-refractivity contribution < 1.29 is 0 Å². The smallest absolute Gasteiger partial charge is 0.222 e. The Bertz CT molecular complexity index is 561. The fourth-order valence-electron chi connectivity index (χ4n) is 1.84. The molecule has 0 saturated heterocycles. The Labute approximate surface area is 122 Å². The van der Waals surface area contributed by atoms with E-state index in [9.17, 15) is 0 Å². The van der Waals surface area contributed by atoms with Crippen LogP contribution in [0.1, 0.15) is 18.4 Å². The molecule has 0 radical (unpaired) electrons. The van der Waals surface area contributed by atoms with E-state index in [0.717, 1.165) is 41.3 Å². The molecular weight excluding hydrogens is 274 g/mol. The predicted octanol–water partition coefficient (Wildman–Crippen LogP) is 1.49. The van der Waals surface area contributed by atoms with Crippen LogP contribution in [0.2, 0.25) is 0 Å². The SMILES string of the molecule is CCn1c(C)nnc1SCCNc1cc(C)nc(N)n1. The number of nitrogens with two attached hydrogens (primary N) is 1. The predicted molar refractivity (Wildman–Crippen MR) is 80.8 cm³/mol. The Kier molecular flexibility index (Phi) is 4.78. The van der Waals surface area contributed by atoms with Gasteiger partial charge in [0, 0.05) is 30.6 Å². The monoisotopic (exact) mass is 293 g/mol. The second kappa shape index (κ2) is 6.56. The Balaban J connectivity index is 1.84. The van der Waals surface area contributed by atoms with Crippen molar-refractivity contribution in [3.8, 4) is 0 Å². The van der Waals surface area contributed by atoms with E-state index in [4.69, 9.17) is 5.73 Å². The quantitative estimate of drug-likeness (QED) is 0.615. The van der Waals surface area contributed by atoms with Gasteiger partial charge in [0.2, 0.25) is 5.95 Å². The van der Waals surface area contributed by atoms with Gasteiger partial charge in [0.25, 0.3) is 0 Å². The summed E-state index contributed by atoms with van der Waals surface area (Å²) in [6.07, 6.45) is 0. The van der Waals surface area contributed by atoms with Gasteiger partial charge < -0.3 is 15.6 Å². The molecule has 0 aromatic carbocycles. The van der Waals surface area contributed by atoms with Gasteiger partial charge in [-0.3, -0.25) is 0 Å². The normalized spacial score (nSPS) is 10.8. The third-order valence-electron chi connectivity index (χ3n) is 2.73. The molecule has 0 spiro atoms. The second-order valence-corrected chi connectivity index (χ2v) is 5.36. The molecule has 2 aromatic heterocycles. The summed E-state index contributed by atoms with van der Waals surface area (Å²) in [5, 5.41) is 12.4. The third-order valence-corrected chi connectivity index (χ3v) is 3.70. The number of hydrogen-bond donors (Lipinski definition) is 2. The molecule has 0 aliphatic carbocycles. The van der Waals surface area contributed by atoms with Crippen molar-refractivity contribution in [1.82, 2.24) is 24.7 Å². The highest BCUT2D eigenvalue weighted by Crippen LogP contribution is 2.16. The van der Waals surface area contributed by atoms with E-state index in [1.165, 1.54) is 0 Å². The fraction of sp³-hybridized carbons (Fsp3) is 0.500. The summed E-state index contributed by atoms with van der Waals surface area (Å²) in [5.74, 6) is 2.87. The molecule has 0 atom stereocenters. The minimum atomic E-state index is 0.293. The summed E-state index contributed by atoms with van der Waals surface area (Å²) >= 11 is 1.67. The number of thioether (sulfide) groups is 1. The Hall–Kier alpha value is -1.83. The van der Waals surface area contributed by atoms with Crippen LogP contribution >= 0.6 is 11.8 Å². The molecule has 2 rings (SSSR count). The molecule has 0 amide bonds. The van der Waals surface area contributed by atoms with Gasteiger partial charge in [0.15, 0.2) is 5.16 Å². The highest BCUT2D eigenvalue weighted by molar-refractivity contribution is 7.99. The zero-order chi connectivity index (χ0) is 14.5. The Morgan fingerprint density at radius 1 is 1.30 bits per heavy atom. The zero-order valence-electron chi connectivity index (χ0n) is 11.9. The van der Waals surface area contributed by atoms with Crippen molar-refractivity contribution in [3.05, 3.63) is 17.6 Å². The van der Waals surface area contributed by atoms with Crippen LogP contribution in [0.25, 0.3) is 0 Å². The van der Waals surface area contributed by atoms with Gasteiger partial charge in [-0.15, -0.1) is 10.2 Å². The van der Waals surface area contributed by atoms with Crippen molar-refractivity contribution in [2.24, 2.45) is 0 Å². The van der Waals surface area contributed by atoms with E-state index in [0.29, 0.717) is 5.95 Å². The van der Waals surface area contributed by atoms with Crippen molar-refractivity contribution in [1.29, 1.82) is 0 Å². The Morgan fingerprint density at radius 2 is 2.10 bits per heavy atom. The van der Waals surface area contributed by atoms with E-state index < -0.39 is 0 Å². The van der Waals surface area contributed by atoms with Crippen molar-refractivity contribution in [3.63, 3.8) is 0 Å². The maximum absolute atomic E-state index is 5.61. The second-order valence-electron chi connectivity index (χ2n) is 4.30. The van der Waals surface area contributed by atoms with Crippen molar-refractivity contribution >= 4 is 23.5 Å². The molecule has 0 unspecified atom stereocenters. The third kappa shape index (κ3) is 3.60. The van der Waals surface area contributed by atoms with Crippen molar-refractivity contribution in [2.45, 2.75) is 32.5 Å². The van der Waals surface area contributed by atoms with Gasteiger partial charge in [-0.1, -0.05) is 11.8 Å². The lowest BCUT2D eigenvalue weighted by Crippen LogP contribution is -2.09. The topological polar surface area (TPSA) is 94.5 Å². The molecule has 7 nitrogen and oxygen atoms in total. The average Bonchev–Trinajstić information content (AvgIpc) is 2.74. The molecule has 0 saturated carbocycles. The highest BCUT2D eigenvalue weighted by atomic mass is 32.2. The lowest BCUT2D eigenvalue weighted by Gasteiger charge is -2.07. The summed E-state index contributed by atoms with van der Waals surface area (Å²) in [4.78, 5) is 8.16. The van der Waals surface area contributed by atoms with Crippen LogP contribution in [0.5, 0.6) is 0 Å². The molecule has 2 aromatic rings. The largest absolute Gasteiger partial charge is 0.369 e. The lowest BCUT2D eigenvalue weighted by molar-refractivity contribution is 0.662.